The Kier molecular flexibility index (Phi) is 5.70. The van der Waals surface area contributed by atoms with Gasteiger partial charge in [-0.2, -0.15) is 0 Å². The van der Waals surface area contributed by atoms with Crippen molar-refractivity contribution in [3.05, 3.63) is 100 Å². The summed E-state index contributed by atoms with van der Waals surface area (Å²) >= 11 is 0. The van der Waals surface area contributed by atoms with E-state index in [0.717, 1.165) is 16.6 Å². The molecule has 4 aromatic rings. The summed E-state index contributed by atoms with van der Waals surface area (Å²) in [6.45, 7) is 1.05. The summed E-state index contributed by atoms with van der Waals surface area (Å²) < 4.78 is 16.3. The molecule has 0 bridgehead atoms. The maximum atomic E-state index is 13.0. The lowest BCUT2D eigenvalue weighted by Gasteiger charge is -2.06. The lowest BCUT2D eigenvalue weighted by Crippen LogP contribution is -2.32. The van der Waals surface area contributed by atoms with Crippen molar-refractivity contribution in [3.8, 4) is 0 Å². The Labute approximate surface area is 172 Å². The number of amides is 1. The first-order valence-electron chi connectivity index (χ1n) is 9.71. The van der Waals surface area contributed by atoms with Gasteiger partial charge in [-0.1, -0.05) is 42.5 Å². The number of rotatable bonds is 7. The van der Waals surface area contributed by atoms with Crippen LogP contribution in [0.4, 0.5) is 4.39 Å². The van der Waals surface area contributed by atoms with Crippen LogP contribution in [0.3, 0.4) is 0 Å². The Bertz CT molecular complexity index is 1210. The molecule has 2 heterocycles. The third kappa shape index (κ3) is 4.30. The molecule has 1 N–H and O–H groups in total. The molecule has 7 heteroatoms. The summed E-state index contributed by atoms with van der Waals surface area (Å²) in [5.74, 6) is -0.520. The molecule has 1 amide bonds. The van der Waals surface area contributed by atoms with Crippen LogP contribution in [0.5, 0.6) is 0 Å². The third-order valence-electron chi connectivity index (χ3n) is 4.89. The molecule has 2 aromatic heterocycles. The summed E-state index contributed by atoms with van der Waals surface area (Å²) in [5.41, 5.74) is 2.93. The Balaban J connectivity index is 1.47. The van der Waals surface area contributed by atoms with Gasteiger partial charge in [-0.3, -0.25) is 13.9 Å². The van der Waals surface area contributed by atoms with Crippen LogP contribution < -0.4 is 11.0 Å². The third-order valence-corrected chi connectivity index (χ3v) is 4.89. The second-order valence-electron chi connectivity index (χ2n) is 7.01. The number of fused-ring (bicyclic) bond motifs is 1. The molecule has 0 fully saturated rings. The van der Waals surface area contributed by atoms with Gasteiger partial charge < -0.3 is 5.32 Å². The van der Waals surface area contributed by atoms with Crippen LogP contribution in [0.25, 0.3) is 11.2 Å². The zero-order chi connectivity index (χ0) is 20.9. The lowest BCUT2D eigenvalue weighted by molar-refractivity contribution is -0.120. The van der Waals surface area contributed by atoms with E-state index in [0.29, 0.717) is 25.3 Å². The smallest absolute Gasteiger partial charge is 0.330 e. The Morgan fingerprint density at radius 3 is 2.47 bits per heavy atom. The summed E-state index contributed by atoms with van der Waals surface area (Å²) in [7, 11) is 0. The van der Waals surface area contributed by atoms with Gasteiger partial charge in [0.05, 0.1) is 18.5 Å². The Hall–Kier alpha value is -3.74. The number of hydrogen-bond acceptors (Lipinski definition) is 3. The van der Waals surface area contributed by atoms with E-state index in [1.807, 2.05) is 36.4 Å². The minimum atomic E-state index is -0.335. The zero-order valence-corrected chi connectivity index (χ0v) is 16.3. The number of halogens is 1. The topological polar surface area (TPSA) is 68.9 Å². The van der Waals surface area contributed by atoms with E-state index in [4.69, 9.17) is 0 Å². The van der Waals surface area contributed by atoms with Gasteiger partial charge in [-0.15, -0.1) is 0 Å². The van der Waals surface area contributed by atoms with Gasteiger partial charge in [0, 0.05) is 19.3 Å². The van der Waals surface area contributed by atoms with Gasteiger partial charge in [0.2, 0.25) is 5.91 Å². The van der Waals surface area contributed by atoms with Crippen LogP contribution in [0, 0.1) is 5.82 Å². The van der Waals surface area contributed by atoms with E-state index >= 15 is 0 Å². The number of aromatic nitrogens is 3. The Morgan fingerprint density at radius 1 is 0.933 bits per heavy atom. The quantitative estimate of drug-likeness (QED) is 0.515. The highest BCUT2D eigenvalue weighted by molar-refractivity contribution is 5.78. The van der Waals surface area contributed by atoms with Crippen LogP contribution in [0.2, 0.25) is 0 Å². The van der Waals surface area contributed by atoms with Gasteiger partial charge in [0.15, 0.2) is 5.65 Å². The number of benzene rings is 2. The van der Waals surface area contributed by atoms with Crippen molar-refractivity contribution in [2.45, 2.75) is 19.5 Å². The number of pyridine rings is 1. The molecule has 0 saturated heterocycles. The van der Waals surface area contributed by atoms with E-state index in [1.165, 1.54) is 12.1 Å². The van der Waals surface area contributed by atoms with Crippen LogP contribution in [-0.2, 0) is 24.3 Å². The fourth-order valence-corrected chi connectivity index (χ4v) is 3.42. The number of nitrogens with one attached hydrogen (secondary N) is 1. The van der Waals surface area contributed by atoms with Gasteiger partial charge in [0.1, 0.15) is 5.82 Å². The van der Waals surface area contributed by atoms with Gasteiger partial charge in [0.25, 0.3) is 0 Å². The van der Waals surface area contributed by atoms with Crippen LogP contribution in [-0.4, -0.2) is 26.6 Å². The second kappa shape index (κ2) is 8.73. The maximum Gasteiger partial charge on any atom is 0.330 e. The van der Waals surface area contributed by atoms with Crippen molar-refractivity contribution in [2.75, 3.05) is 6.54 Å². The van der Waals surface area contributed by atoms with E-state index in [2.05, 4.69) is 10.3 Å². The second-order valence-corrected chi connectivity index (χ2v) is 7.01. The molecule has 0 aliphatic heterocycles. The van der Waals surface area contributed by atoms with Crippen molar-refractivity contribution >= 4 is 17.1 Å². The van der Waals surface area contributed by atoms with Crippen molar-refractivity contribution in [1.82, 2.24) is 19.4 Å². The number of nitrogens with zero attached hydrogens (tertiary/aromatic N) is 3. The molecule has 0 saturated carbocycles. The van der Waals surface area contributed by atoms with E-state index in [-0.39, 0.29) is 23.8 Å². The van der Waals surface area contributed by atoms with E-state index in [9.17, 15) is 14.0 Å². The van der Waals surface area contributed by atoms with Gasteiger partial charge in [-0.25, -0.2) is 14.2 Å². The minimum Gasteiger partial charge on any atom is -0.354 e. The van der Waals surface area contributed by atoms with Crippen LogP contribution >= 0.6 is 0 Å². The maximum absolute atomic E-state index is 13.0. The first kappa shape index (κ1) is 19.6. The molecule has 152 valence electrons. The fourth-order valence-electron chi connectivity index (χ4n) is 3.42. The van der Waals surface area contributed by atoms with Gasteiger partial charge >= 0.3 is 5.69 Å². The molecule has 6 nitrogen and oxygen atoms in total. The van der Waals surface area contributed by atoms with Crippen LogP contribution in [0.15, 0.2) is 77.7 Å². The average Bonchev–Trinajstić information content (AvgIpc) is 3.02. The van der Waals surface area contributed by atoms with E-state index < -0.39 is 0 Å². The Morgan fingerprint density at radius 2 is 1.70 bits per heavy atom. The fraction of sp³-hybridized carbons (Fsp3) is 0.174. The van der Waals surface area contributed by atoms with Crippen molar-refractivity contribution in [1.29, 1.82) is 0 Å². The molecule has 0 unspecified atom stereocenters. The molecule has 0 spiro atoms. The molecule has 30 heavy (non-hydrogen) atoms. The summed E-state index contributed by atoms with van der Waals surface area (Å²) in [4.78, 5) is 29.6. The molecule has 0 aliphatic carbocycles. The lowest BCUT2D eigenvalue weighted by atomic mass is 10.1. The highest BCUT2D eigenvalue weighted by Gasteiger charge is 2.14. The number of imidazole rings is 1. The molecule has 4 rings (SSSR count). The zero-order valence-electron chi connectivity index (χ0n) is 16.3. The number of hydrogen-bond donors (Lipinski definition) is 1. The highest BCUT2D eigenvalue weighted by atomic mass is 19.1. The van der Waals surface area contributed by atoms with Crippen molar-refractivity contribution in [2.24, 2.45) is 0 Å². The monoisotopic (exact) mass is 404 g/mol. The predicted molar refractivity (Wildman–Crippen MR) is 113 cm³/mol. The first-order chi connectivity index (χ1) is 14.6. The average molecular weight is 404 g/mol. The number of carbonyl (C=O) groups excluding carboxylic acids is 1. The van der Waals surface area contributed by atoms with Crippen molar-refractivity contribution < 1.29 is 9.18 Å². The summed E-state index contributed by atoms with van der Waals surface area (Å²) in [6, 6.07) is 19.3. The van der Waals surface area contributed by atoms with Crippen molar-refractivity contribution in [3.63, 3.8) is 0 Å². The first-order valence-corrected chi connectivity index (χ1v) is 9.71. The summed E-state index contributed by atoms with van der Waals surface area (Å²) in [6.07, 6.45) is 1.81. The highest BCUT2D eigenvalue weighted by Crippen LogP contribution is 2.12. The molecular formula is C23H21FN4O2. The molecule has 0 aliphatic rings. The summed E-state index contributed by atoms with van der Waals surface area (Å²) in [5, 5.41) is 2.82. The molecule has 0 radical (unpaired) electrons. The molecular weight excluding hydrogens is 383 g/mol. The van der Waals surface area contributed by atoms with E-state index in [1.54, 1.807) is 33.5 Å². The predicted octanol–water partition coefficient (Wildman–Crippen LogP) is 2.74. The van der Waals surface area contributed by atoms with Crippen LogP contribution in [0.1, 0.15) is 11.1 Å². The normalized spacial score (nSPS) is 11.0. The van der Waals surface area contributed by atoms with Gasteiger partial charge in [-0.05, 0) is 35.4 Å². The largest absolute Gasteiger partial charge is 0.354 e. The molecule has 2 aromatic carbocycles. The number of carbonyl (C=O) groups is 1. The standard InChI is InChI=1S/C23H21FN4O2/c24-19-10-8-17(9-11-19)15-21(29)25-13-14-27-22-20(7-4-12-26-22)28(23(27)30)16-18-5-2-1-3-6-18/h1-12H,13-16H2,(H,25,29). The molecule has 0 atom stereocenters. The minimum absolute atomic E-state index is 0.156. The SMILES string of the molecule is O=C(Cc1ccc(F)cc1)NCCn1c(=O)n(Cc2ccccc2)c2cccnc21.